The molecule has 0 spiro atoms. The third-order valence-electron chi connectivity index (χ3n) is 3.00. The fraction of sp³-hybridized carbons (Fsp3) is 0.0714. The fourth-order valence-corrected chi connectivity index (χ4v) is 2.92. The van der Waals surface area contributed by atoms with Crippen LogP contribution in [-0.2, 0) is 0 Å². The van der Waals surface area contributed by atoms with Crippen LogP contribution in [0.1, 0.15) is 5.56 Å². The molecule has 96 valence electrons. The molecule has 2 heterocycles. The van der Waals surface area contributed by atoms with E-state index in [1.54, 1.807) is 0 Å². The Morgan fingerprint density at radius 2 is 2.05 bits per heavy atom. The summed E-state index contributed by atoms with van der Waals surface area (Å²) in [5, 5.41) is 0.675. The molecule has 0 fully saturated rings. The first-order chi connectivity index (χ1) is 9.06. The number of hydrogen-bond donors (Lipinski definition) is 1. The van der Waals surface area contributed by atoms with Gasteiger partial charge in [-0.15, -0.1) is 0 Å². The standard InChI is InChI=1S/C14H11BrClN3/c1-8-4-5-19-12(6-8)18-13(14(19)17)10-3-2-9(16)7-11(10)15/h2-7H,17H2,1H3. The number of hydrogen-bond acceptors (Lipinski definition) is 2. The number of nitrogens with two attached hydrogens (primary N) is 1. The Balaban J connectivity index is 2.27. The molecule has 0 saturated heterocycles. The predicted octanol–water partition coefficient (Wildman–Crippen LogP) is 4.31. The van der Waals surface area contributed by atoms with Crippen molar-refractivity contribution in [2.45, 2.75) is 6.92 Å². The van der Waals surface area contributed by atoms with E-state index >= 15 is 0 Å². The van der Waals surface area contributed by atoms with Crippen molar-refractivity contribution in [3.8, 4) is 11.3 Å². The van der Waals surface area contributed by atoms with Crippen LogP contribution < -0.4 is 5.73 Å². The normalized spacial score (nSPS) is 11.1. The molecule has 0 bridgehead atoms. The number of nitrogens with zero attached hydrogens (tertiary/aromatic N) is 2. The van der Waals surface area contributed by atoms with E-state index in [1.807, 2.05) is 47.9 Å². The largest absolute Gasteiger partial charge is 0.383 e. The van der Waals surface area contributed by atoms with Gasteiger partial charge < -0.3 is 5.73 Å². The van der Waals surface area contributed by atoms with Gasteiger partial charge in [0.1, 0.15) is 17.2 Å². The highest BCUT2D eigenvalue weighted by atomic mass is 79.9. The lowest BCUT2D eigenvalue weighted by Gasteiger charge is -2.03. The summed E-state index contributed by atoms with van der Waals surface area (Å²) in [7, 11) is 0. The maximum atomic E-state index is 6.17. The van der Waals surface area contributed by atoms with Crippen LogP contribution in [0.4, 0.5) is 5.82 Å². The van der Waals surface area contributed by atoms with E-state index in [0.717, 1.165) is 26.9 Å². The van der Waals surface area contributed by atoms with E-state index in [4.69, 9.17) is 17.3 Å². The van der Waals surface area contributed by atoms with E-state index in [0.29, 0.717) is 10.8 Å². The number of fused-ring (bicyclic) bond motifs is 1. The number of rotatable bonds is 1. The second kappa shape index (κ2) is 4.54. The molecule has 0 unspecified atom stereocenters. The smallest absolute Gasteiger partial charge is 0.139 e. The van der Waals surface area contributed by atoms with Crippen LogP contribution in [0.25, 0.3) is 16.9 Å². The van der Waals surface area contributed by atoms with Crippen molar-refractivity contribution < 1.29 is 0 Å². The first-order valence-corrected chi connectivity index (χ1v) is 6.93. The number of aryl methyl sites for hydroxylation is 1. The van der Waals surface area contributed by atoms with Gasteiger partial charge in [-0.25, -0.2) is 4.98 Å². The number of aromatic nitrogens is 2. The van der Waals surface area contributed by atoms with Crippen LogP contribution in [-0.4, -0.2) is 9.38 Å². The molecule has 3 rings (SSSR count). The monoisotopic (exact) mass is 335 g/mol. The van der Waals surface area contributed by atoms with Gasteiger partial charge in [0.05, 0.1) is 0 Å². The summed E-state index contributed by atoms with van der Waals surface area (Å²) in [5.41, 5.74) is 9.86. The molecule has 1 aromatic carbocycles. The third kappa shape index (κ3) is 2.11. The molecule has 0 aliphatic heterocycles. The number of benzene rings is 1. The predicted molar refractivity (Wildman–Crippen MR) is 82.5 cm³/mol. The highest BCUT2D eigenvalue weighted by molar-refractivity contribution is 9.10. The number of pyridine rings is 1. The molecule has 5 heteroatoms. The first-order valence-electron chi connectivity index (χ1n) is 5.76. The Kier molecular flexibility index (Phi) is 2.99. The second-order valence-electron chi connectivity index (χ2n) is 4.40. The summed E-state index contributed by atoms with van der Waals surface area (Å²) >= 11 is 9.46. The second-order valence-corrected chi connectivity index (χ2v) is 5.69. The minimum absolute atomic E-state index is 0.623. The fourth-order valence-electron chi connectivity index (χ4n) is 2.05. The lowest BCUT2D eigenvalue weighted by molar-refractivity contribution is 1.18. The number of imidazole rings is 1. The van der Waals surface area contributed by atoms with Crippen LogP contribution in [0.5, 0.6) is 0 Å². The Morgan fingerprint density at radius 1 is 1.26 bits per heavy atom. The zero-order valence-corrected chi connectivity index (χ0v) is 12.5. The SMILES string of the molecule is Cc1ccn2c(N)c(-c3ccc(Cl)cc3Br)nc2c1. The molecule has 0 atom stereocenters. The molecule has 0 radical (unpaired) electrons. The van der Waals surface area contributed by atoms with E-state index in [1.165, 1.54) is 0 Å². The Hall–Kier alpha value is -1.52. The van der Waals surface area contributed by atoms with E-state index < -0.39 is 0 Å². The minimum Gasteiger partial charge on any atom is -0.383 e. The Bertz CT molecular complexity index is 780. The van der Waals surface area contributed by atoms with Crippen molar-refractivity contribution in [3.63, 3.8) is 0 Å². The van der Waals surface area contributed by atoms with Crippen molar-refractivity contribution in [3.05, 3.63) is 51.6 Å². The summed E-state index contributed by atoms with van der Waals surface area (Å²) in [4.78, 5) is 4.60. The first kappa shape index (κ1) is 12.5. The Labute approximate surface area is 124 Å². The molecule has 3 nitrogen and oxygen atoms in total. The molecular weight excluding hydrogens is 326 g/mol. The summed E-state index contributed by atoms with van der Waals surface area (Å²) in [6.45, 7) is 2.03. The number of nitrogen functional groups attached to an aromatic ring is 1. The molecule has 0 aliphatic rings. The average Bonchev–Trinajstić information content (AvgIpc) is 2.66. The minimum atomic E-state index is 0.623. The van der Waals surface area contributed by atoms with Gasteiger partial charge >= 0.3 is 0 Å². The number of halogens is 2. The molecule has 0 saturated carbocycles. The Morgan fingerprint density at radius 3 is 2.79 bits per heavy atom. The van der Waals surface area contributed by atoms with Crippen LogP contribution in [0, 0.1) is 6.92 Å². The van der Waals surface area contributed by atoms with Crippen molar-refractivity contribution in [1.82, 2.24) is 9.38 Å². The van der Waals surface area contributed by atoms with Crippen molar-refractivity contribution >= 4 is 39.0 Å². The van der Waals surface area contributed by atoms with E-state index in [2.05, 4.69) is 20.9 Å². The lowest BCUT2D eigenvalue weighted by atomic mass is 10.1. The molecule has 0 aliphatic carbocycles. The van der Waals surface area contributed by atoms with Crippen LogP contribution >= 0.6 is 27.5 Å². The lowest BCUT2D eigenvalue weighted by Crippen LogP contribution is -1.94. The molecule has 2 N–H and O–H groups in total. The molecule has 3 aromatic rings. The summed E-state index contributed by atoms with van der Waals surface area (Å²) < 4.78 is 2.76. The quantitative estimate of drug-likeness (QED) is 0.719. The maximum Gasteiger partial charge on any atom is 0.139 e. The highest BCUT2D eigenvalue weighted by Crippen LogP contribution is 2.33. The molecule has 2 aromatic heterocycles. The average molecular weight is 337 g/mol. The van der Waals surface area contributed by atoms with Gasteiger partial charge in [0.2, 0.25) is 0 Å². The van der Waals surface area contributed by atoms with Crippen LogP contribution in [0.2, 0.25) is 5.02 Å². The summed E-state index contributed by atoms with van der Waals surface area (Å²) in [5.74, 6) is 0.623. The zero-order chi connectivity index (χ0) is 13.6. The van der Waals surface area contributed by atoms with Crippen molar-refractivity contribution in [2.24, 2.45) is 0 Å². The highest BCUT2D eigenvalue weighted by Gasteiger charge is 2.14. The topological polar surface area (TPSA) is 43.3 Å². The third-order valence-corrected chi connectivity index (χ3v) is 3.90. The van der Waals surface area contributed by atoms with Gasteiger partial charge in [-0.05, 0) is 36.8 Å². The summed E-state index contributed by atoms with van der Waals surface area (Å²) in [6, 6.07) is 9.59. The van der Waals surface area contributed by atoms with E-state index in [-0.39, 0.29) is 0 Å². The van der Waals surface area contributed by atoms with Gasteiger partial charge in [-0.2, -0.15) is 0 Å². The van der Waals surface area contributed by atoms with Gasteiger partial charge in [0.25, 0.3) is 0 Å². The van der Waals surface area contributed by atoms with Gasteiger partial charge in [-0.3, -0.25) is 4.40 Å². The zero-order valence-electron chi connectivity index (χ0n) is 10.2. The van der Waals surface area contributed by atoms with Crippen molar-refractivity contribution in [2.75, 3.05) is 5.73 Å². The molecule has 0 amide bonds. The van der Waals surface area contributed by atoms with Crippen LogP contribution in [0.15, 0.2) is 41.0 Å². The number of anilines is 1. The van der Waals surface area contributed by atoms with Crippen LogP contribution in [0.3, 0.4) is 0 Å². The molecular formula is C14H11BrClN3. The molecule has 19 heavy (non-hydrogen) atoms. The van der Waals surface area contributed by atoms with Gasteiger partial charge in [0, 0.05) is 21.3 Å². The van der Waals surface area contributed by atoms with Crippen molar-refractivity contribution in [1.29, 1.82) is 0 Å². The van der Waals surface area contributed by atoms with Gasteiger partial charge in [-0.1, -0.05) is 33.6 Å². The summed E-state index contributed by atoms with van der Waals surface area (Å²) in [6.07, 6.45) is 1.93. The van der Waals surface area contributed by atoms with E-state index in [9.17, 15) is 0 Å². The van der Waals surface area contributed by atoms with Gasteiger partial charge in [0.15, 0.2) is 0 Å². The maximum absolute atomic E-state index is 6.17.